The lowest BCUT2D eigenvalue weighted by molar-refractivity contribution is 0.771. The molecule has 0 aliphatic carbocycles. The Hall–Kier alpha value is -3.02. The lowest BCUT2D eigenvalue weighted by Gasteiger charge is -2.07. The minimum atomic E-state index is 0.793. The molecule has 0 saturated heterocycles. The highest BCUT2D eigenvalue weighted by atomic mass is 15.3. The van der Waals surface area contributed by atoms with Gasteiger partial charge in [-0.2, -0.15) is 10.2 Å². The number of aromatic amines is 1. The summed E-state index contributed by atoms with van der Waals surface area (Å²) in [6.07, 6.45) is 7.51. The van der Waals surface area contributed by atoms with Gasteiger partial charge >= 0.3 is 0 Å². The van der Waals surface area contributed by atoms with Crippen LogP contribution in [-0.2, 0) is 7.05 Å². The summed E-state index contributed by atoms with van der Waals surface area (Å²) in [6.45, 7) is 4.03. The van der Waals surface area contributed by atoms with E-state index in [1.165, 1.54) is 0 Å². The van der Waals surface area contributed by atoms with Crippen LogP contribution in [0.1, 0.15) is 11.3 Å². The Morgan fingerprint density at radius 2 is 1.96 bits per heavy atom. The Labute approximate surface area is 133 Å². The molecule has 0 aliphatic heterocycles. The fourth-order valence-electron chi connectivity index (χ4n) is 2.90. The molecule has 0 saturated carbocycles. The van der Waals surface area contributed by atoms with Gasteiger partial charge in [-0.15, -0.1) is 0 Å². The number of aromatic nitrogens is 6. The minimum absolute atomic E-state index is 0.793. The monoisotopic (exact) mass is 304 g/mol. The second-order valence-corrected chi connectivity index (χ2v) is 5.70. The van der Waals surface area contributed by atoms with Crippen molar-refractivity contribution in [3.63, 3.8) is 0 Å². The average Bonchev–Trinajstić information content (AvgIpc) is 3.13. The molecular weight excluding hydrogens is 288 g/mol. The standard InChI is InChI=1S/C17H16N6/c1-10-7-18-5-4-12(10)16-15(9-23(3)22-16)13-6-11(2)20-17-14(13)8-19-21-17/h4-9H,1-3H3,(H,19,20,21). The van der Waals surface area contributed by atoms with E-state index in [1.54, 1.807) is 6.20 Å². The topological polar surface area (TPSA) is 72.3 Å². The fraction of sp³-hybridized carbons (Fsp3) is 0.176. The van der Waals surface area contributed by atoms with E-state index in [0.717, 1.165) is 44.7 Å². The molecule has 1 N–H and O–H groups in total. The van der Waals surface area contributed by atoms with E-state index in [1.807, 2.05) is 50.2 Å². The number of rotatable bonds is 2. The molecule has 23 heavy (non-hydrogen) atoms. The van der Waals surface area contributed by atoms with Crippen LogP contribution in [0.15, 0.2) is 36.9 Å². The maximum absolute atomic E-state index is 4.68. The van der Waals surface area contributed by atoms with Gasteiger partial charge in [0.25, 0.3) is 0 Å². The van der Waals surface area contributed by atoms with Crippen molar-refractivity contribution < 1.29 is 0 Å². The second kappa shape index (κ2) is 5.01. The molecule has 6 heteroatoms. The van der Waals surface area contributed by atoms with Crippen LogP contribution in [0.2, 0.25) is 0 Å². The lowest BCUT2D eigenvalue weighted by atomic mass is 9.98. The van der Waals surface area contributed by atoms with Crippen LogP contribution in [0.4, 0.5) is 0 Å². The molecule has 0 radical (unpaired) electrons. The third-order valence-electron chi connectivity index (χ3n) is 3.95. The number of nitrogens with one attached hydrogen (secondary N) is 1. The van der Waals surface area contributed by atoms with Crippen molar-refractivity contribution in [1.82, 2.24) is 29.9 Å². The Morgan fingerprint density at radius 1 is 1.09 bits per heavy atom. The van der Waals surface area contributed by atoms with Crippen molar-refractivity contribution in [1.29, 1.82) is 0 Å². The smallest absolute Gasteiger partial charge is 0.155 e. The summed E-state index contributed by atoms with van der Waals surface area (Å²) in [4.78, 5) is 8.67. The largest absolute Gasteiger partial charge is 0.275 e. The first-order valence-corrected chi connectivity index (χ1v) is 7.39. The zero-order valence-corrected chi connectivity index (χ0v) is 13.2. The zero-order valence-electron chi connectivity index (χ0n) is 13.2. The molecule has 0 bridgehead atoms. The fourth-order valence-corrected chi connectivity index (χ4v) is 2.90. The van der Waals surface area contributed by atoms with Crippen molar-refractivity contribution in [3.05, 3.63) is 48.2 Å². The lowest BCUT2D eigenvalue weighted by Crippen LogP contribution is -1.91. The third kappa shape index (κ3) is 2.19. The molecule has 0 fully saturated rings. The number of H-pyrrole nitrogens is 1. The first-order chi connectivity index (χ1) is 11.1. The third-order valence-corrected chi connectivity index (χ3v) is 3.95. The quantitative estimate of drug-likeness (QED) is 0.618. The number of hydrogen-bond donors (Lipinski definition) is 1. The molecule has 0 spiro atoms. The summed E-state index contributed by atoms with van der Waals surface area (Å²) in [5, 5.41) is 12.8. The van der Waals surface area contributed by atoms with Gasteiger partial charge in [-0.25, -0.2) is 4.98 Å². The summed E-state index contributed by atoms with van der Waals surface area (Å²) in [5.41, 5.74) is 7.02. The average molecular weight is 304 g/mol. The molecule has 4 aromatic rings. The summed E-state index contributed by atoms with van der Waals surface area (Å²) >= 11 is 0. The molecule has 0 unspecified atom stereocenters. The van der Waals surface area contributed by atoms with E-state index in [-0.39, 0.29) is 0 Å². The Kier molecular flexibility index (Phi) is 2.97. The summed E-state index contributed by atoms with van der Waals surface area (Å²) in [5.74, 6) is 0. The van der Waals surface area contributed by atoms with Gasteiger partial charge in [0.1, 0.15) is 5.69 Å². The van der Waals surface area contributed by atoms with Gasteiger partial charge in [-0.1, -0.05) is 0 Å². The van der Waals surface area contributed by atoms with Crippen LogP contribution in [-0.4, -0.2) is 29.9 Å². The number of pyridine rings is 2. The highest BCUT2D eigenvalue weighted by Crippen LogP contribution is 2.35. The van der Waals surface area contributed by atoms with Crippen molar-refractivity contribution in [3.8, 4) is 22.4 Å². The van der Waals surface area contributed by atoms with E-state index >= 15 is 0 Å². The molecule has 0 atom stereocenters. The van der Waals surface area contributed by atoms with E-state index in [0.29, 0.717) is 0 Å². The molecule has 4 rings (SSSR count). The van der Waals surface area contributed by atoms with Gasteiger partial charge in [0.2, 0.25) is 0 Å². The van der Waals surface area contributed by atoms with Crippen LogP contribution >= 0.6 is 0 Å². The predicted octanol–water partition coefficient (Wildman–Crippen LogP) is 3.04. The van der Waals surface area contributed by atoms with Crippen molar-refractivity contribution in [2.45, 2.75) is 13.8 Å². The second-order valence-electron chi connectivity index (χ2n) is 5.70. The van der Waals surface area contributed by atoms with Gasteiger partial charge in [0.15, 0.2) is 5.65 Å². The molecule has 114 valence electrons. The Morgan fingerprint density at radius 3 is 2.78 bits per heavy atom. The molecule has 0 aromatic carbocycles. The van der Waals surface area contributed by atoms with Gasteiger partial charge in [0.05, 0.1) is 6.20 Å². The van der Waals surface area contributed by atoms with Crippen LogP contribution in [0, 0.1) is 13.8 Å². The maximum atomic E-state index is 4.68. The summed E-state index contributed by atoms with van der Waals surface area (Å²) in [6, 6.07) is 4.08. The first kappa shape index (κ1) is 13.6. The number of aryl methyl sites for hydroxylation is 3. The van der Waals surface area contributed by atoms with Crippen LogP contribution in [0.3, 0.4) is 0 Å². The van der Waals surface area contributed by atoms with Gasteiger partial charge in [-0.05, 0) is 37.1 Å². The Balaban J connectivity index is 2.03. The first-order valence-electron chi connectivity index (χ1n) is 7.39. The van der Waals surface area contributed by atoms with E-state index < -0.39 is 0 Å². The molecule has 6 nitrogen and oxygen atoms in total. The number of nitrogens with zero attached hydrogens (tertiary/aromatic N) is 5. The van der Waals surface area contributed by atoms with E-state index in [4.69, 9.17) is 0 Å². The van der Waals surface area contributed by atoms with Gasteiger partial charge in [-0.3, -0.25) is 14.8 Å². The van der Waals surface area contributed by atoms with Crippen molar-refractivity contribution in [2.24, 2.45) is 7.05 Å². The maximum Gasteiger partial charge on any atom is 0.155 e. The number of fused-ring (bicyclic) bond motifs is 1. The van der Waals surface area contributed by atoms with E-state index in [2.05, 4.69) is 31.3 Å². The van der Waals surface area contributed by atoms with Crippen LogP contribution in [0.5, 0.6) is 0 Å². The molecule has 0 aliphatic rings. The predicted molar refractivity (Wildman–Crippen MR) is 88.8 cm³/mol. The molecule has 4 aromatic heterocycles. The van der Waals surface area contributed by atoms with Crippen molar-refractivity contribution >= 4 is 11.0 Å². The normalized spacial score (nSPS) is 11.3. The van der Waals surface area contributed by atoms with Crippen molar-refractivity contribution in [2.75, 3.05) is 0 Å². The SMILES string of the molecule is Cc1cc(-c2cn(C)nc2-c2ccncc2C)c2cn[nH]c2n1. The summed E-state index contributed by atoms with van der Waals surface area (Å²) in [7, 11) is 1.93. The van der Waals surface area contributed by atoms with Gasteiger partial charge in [0, 0.05) is 47.8 Å². The highest BCUT2D eigenvalue weighted by molar-refractivity contribution is 5.96. The van der Waals surface area contributed by atoms with Crippen LogP contribution in [0.25, 0.3) is 33.4 Å². The Bertz CT molecular complexity index is 1010. The highest BCUT2D eigenvalue weighted by Gasteiger charge is 2.17. The molecule has 0 amide bonds. The number of hydrogen-bond acceptors (Lipinski definition) is 4. The summed E-state index contributed by atoms with van der Waals surface area (Å²) < 4.78 is 1.84. The molecule has 4 heterocycles. The van der Waals surface area contributed by atoms with Crippen LogP contribution < -0.4 is 0 Å². The van der Waals surface area contributed by atoms with Gasteiger partial charge < -0.3 is 0 Å². The van der Waals surface area contributed by atoms with E-state index in [9.17, 15) is 0 Å². The molecular formula is C17H16N6. The minimum Gasteiger partial charge on any atom is -0.275 e. The zero-order chi connectivity index (χ0) is 16.0.